The van der Waals surface area contributed by atoms with Crippen molar-refractivity contribution in [1.29, 1.82) is 0 Å². The van der Waals surface area contributed by atoms with E-state index in [1.807, 2.05) is 24.3 Å². The van der Waals surface area contributed by atoms with Crippen molar-refractivity contribution in [3.8, 4) is 17.2 Å². The van der Waals surface area contributed by atoms with Gasteiger partial charge in [0.2, 0.25) is 11.7 Å². The van der Waals surface area contributed by atoms with Gasteiger partial charge in [-0.05, 0) is 24.5 Å². The second kappa shape index (κ2) is 9.67. The Labute approximate surface area is 191 Å². The van der Waals surface area contributed by atoms with E-state index in [2.05, 4.69) is 15.2 Å². The number of anilines is 1. The summed E-state index contributed by atoms with van der Waals surface area (Å²) in [6, 6.07) is 9.94. The number of nitrogens with one attached hydrogen (secondary N) is 2. The molecule has 1 aromatic heterocycles. The highest BCUT2D eigenvalue weighted by atomic mass is 35.5. The van der Waals surface area contributed by atoms with Gasteiger partial charge in [0.1, 0.15) is 5.39 Å². The van der Waals surface area contributed by atoms with Crippen LogP contribution in [-0.4, -0.2) is 50.4 Å². The lowest BCUT2D eigenvalue weighted by atomic mass is 10.0. The number of methoxy groups -OCH3 is 3. The number of H-pyrrole nitrogens is 1. The Balaban J connectivity index is 1.51. The average molecular weight is 459 g/mol. The van der Waals surface area contributed by atoms with Crippen molar-refractivity contribution in [1.82, 2.24) is 15.3 Å². The Morgan fingerprint density at radius 2 is 1.84 bits per heavy atom. The third kappa shape index (κ3) is 4.33. The van der Waals surface area contributed by atoms with Gasteiger partial charge in [-0.15, -0.1) is 0 Å². The first-order chi connectivity index (χ1) is 15.5. The van der Waals surface area contributed by atoms with Crippen LogP contribution in [0.3, 0.4) is 0 Å². The lowest BCUT2D eigenvalue weighted by molar-refractivity contribution is 0.327. The van der Waals surface area contributed by atoms with Gasteiger partial charge in [-0.1, -0.05) is 29.8 Å². The zero-order valence-electron chi connectivity index (χ0n) is 18.4. The van der Waals surface area contributed by atoms with Crippen molar-refractivity contribution in [2.75, 3.05) is 39.3 Å². The van der Waals surface area contributed by atoms with Gasteiger partial charge in [0, 0.05) is 36.8 Å². The van der Waals surface area contributed by atoms with Gasteiger partial charge >= 0.3 is 0 Å². The normalized spacial score (nSPS) is 14.6. The van der Waals surface area contributed by atoms with Crippen LogP contribution >= 0.6 is 11.6 Å². The lowest BCUT2D eigenvalue weighted by Crippen LogP contribution is -2.43. The van der Waals surface area contributed by atoms with Crippen LogP contribution in [0.25, 0.3) is 10.9 Å². The van der Waals surface area contributed by atoms with Gasteiger partial charge in [-0.25, -0.2) is 4.98 Å². The van der Waals surface area contributed by atoms with Crippen molar-refractivity contribution in [3.63, 3.8) is 0 Å². The molecule has 9 heteroatoms. The number of rotatable bonds is 7. The summed E-state index contributed by atoms with van der Waals surface area (Å²) in [5, 5.41) is 4.70. The highest BCUT2D eigenvalue weighted by molar-refractivity contribution is 6.31. The smallest absolute Gasteiger partial charge is 0.264 e. The van der Waals surface area contributed by atoms with Crippen molar-refractivity contribution >= 4 is 28.5 Å². The van der Waals surface area contributed by atoms with Crippen LogP contribution in [0.2, 0.25) is 5.02 Å². The average Bonchev–Trinajstić information content (AvgIpc) is 2.82. The zero-order valence-corrected chi connectivity index (χ0v) is 19.2. The molecular formula is C23H27ClN4O4. The fourth-order valence-electron chi connectivity index (χ4n) is 4.10. The Hall–Kier alpha value is -2.97. The van der Waals surface area contributed by atoms with E-state index in [1.54, 1.807) is 6.07 Å². The second-order valence-electron chi connectivity index (χ2n) is 7.66. The first kappa shape index (κ1) is 22.2. The van der Waals surface area contributed by atoms with Gasteiger partial charge < -0.3 is 24.4 Å². The molecule has 0 atom stereocenters. The predicted octanol–water partition coefficient (Wildman–Crippen LogP) is 3.36. The van der Waals surface area contributed by atoms with Crippen LogP contribution in [-0.2, 0) is 6.54 Å². The maximum Gasteiger partial charge on any atom is 0.264 e. The zero-order chi connectivity index (χ0) is 22.7. The lowest BCUT2D eigenvalue weighted by Gasteiger charge is -2.33. The molecule has 170 valence electrons. The topological polar surface area (TPSA) is 88.7 Å². The molecule has 0 amide bonds. The van der Waals surface area contributed by atoms with Crippen molar-refractivity contribution in [3.05, 3.63) is 51.3 Å². The molecule has 0 bridgehead atoms. The highest BCUT2D eigenvalue weighted by Crippen LogP contribution is 2.41. The van der Waals surface area contributed by atoms with Crippen molar-refractivity contribution in [2.24, 2.45) is 0 Å². The molecule has 32 heavy (non-hydrogen) atoms. The van der Waals surface area contributed by atoms with E-state index in [-0.39, 0.29) is 5.56 Å². The molecule has 2 aromatic carbocycles. The third-order valence-corrected chi connectivity index (χ3v) is 6.19. The first-order valence-electron chi connectivity index (χ1n) is 10.5. The minimum absolute atomic E-state index is 0.276. The number of hydrogen-bond acceptors (Lipinski definition) is 7. The van der Waals surface area contributed by atoms with Crippen LogP contribution in [0.5, 0.6) is 17.2 Å². The SMILES string of the molecule is COc1cc2nc(N3CCC(NCc4ccccc4Cl)CC3)[nH]c(=O)c2c(OC)c1OC. The highest BCUT2D eigenvalue weighted by Gasteiger charge is 2.24. The summed E-state index contributed by atoms with van der Waals surface area (Å²) in [4.78, 5) is 22.6. The van der Waals surface area contributed by atoms with Crippen LogP contribution in [0, 0.1) is 0 Å². The van der Waals surface area contributed by atoms with Gasteiger partial charge in [0.15, 0.2) is 11.5 Å². The number of halogens is 1. The quantitative estimate of drug-likeness (QED) is 0.561. The van der Waals surface area contributed by atoms with Gasteiger partial charge in [0.05, 0.1) is 26.8 Å². The molecule has 0 radical (unpaired) electrons. The summed E-state index contributed by atoms with van der Waals surface area (Å²) in [5.74, 6) is 1.68. The maximum atomic E-state index is 12.9. The summed E-state index contributed by atoms with van der Waals surface area (Å²) < 4.78 is 16.2. The molecule has 2 heterocycles. The summed E-state index contributed by atoms with van der Waals surface area (Å²) in [6.45, 7) is 2.29. The molecule has 0 spiro atoms. The Morgan fingerprint density at radius 1 is 1.12 bits per heavy atom. The number of nitrogens with zero attached hydrogens (tertiary/aromatic N) is 2. The summed E-state index contributed by atoms with van der Waals surface area (Å²) in [5.41, 5.74) is 1.31. The largest absolute Gasteiger partial charge is 0.493 e. The van der Waals surface area contributed by atoms with Crippen molar-refractivity contribution in [2.45, 2.75) is 25.4 Å². The number of ether oxygens (including phenoxy) is 3. The molecular weight excluding hydrogens is 432 g/mol. The minimum Gasteiger partial charge on any atom is -0.493 e. The first-order valence-corrected chi connectivity index (χ1v) is 10.9. The summed E-state index contributed by atoms with van der Waals surface area (Å²) >= 11 is 6.25. The van der Waals surface area contributed by atoms with E-state index >= 15 is 0 Å². The van der Waals surface area contributed by atoms with Gasteiger partial charge in [-0.3, -0.25) is 9.78 Å². The summed E-state index contributed by atoms with van der Waals surface area (Å²) in [6.07, 6.45) is 1.86. The standard InChI is InChI=1S/C23H27ClN4O4/c1-30-18-12-17-19(21(32-3)20(18)31-2)22(29)27-23(26-17)28-10-8-15(9-11-28)25-13-14-6-4-5-7-16(14)24/h4-7,12,15,25H,8-11,13H2,1-3H3,(H,26,27,29). The molecule has 0 aliphatic carbocycles. The molecule has 3 aromatic rings. The summed E-state index contributed by atoms with van der Waals surface area (Å²) in [7, 11) is 4.54. The molecule has 8 nitrogen and oxygen atoms in total. The van der Waals surface area contributed by atoms with E-state index in [1.165, 1.54) is 21.3 Å². The van der Waals surface area contributed by atoms with Gasteiger partial charge in [-0.2, -0.15) is 0 Å². The number of fused-ring (bicyclic) bond motifs is 1. The fourth-order valence-corrected chi connectivity index (χ4v) is 4.30. The van der Waals surface area contributed by atoms with Crippen LogP contribution in [0.15, 0.2) is 35.1 Å². The minimum atomic E-state index is -0.276. The van der Waals surface area contributed by atoms with Crippen LogP contribution in [0.4, 0.5) is 5.95 Å². The number of piperidine rings is 1. The number of aromatic nitrogens is 2. The van der Waals surface area contributed by atoms with Crippen molar-refractivity contribution < 1.29 is 14.2 Å². The number of benzene rings is 2. The van der Waals surface area contributed by atoms with E-state index in [0.29, 0.717) is 40.1 Å². The van der Waals surface area contributed by atoms with E-state index in [4.69, 9.17) is 30.8 Å². The molecule has 1 aliphatic rings. The molecule has 1 fully saturated rings. The molecule has 0 unspecified atom stereocenters. The molecule has 0 saturated carbocycles. The molecule has 1 saturated heterocycles. The second-order valence-corrected chi connectivity index (χ2v) is 8.07. The van der Waals surface area contributed by atoms with Crippen LogP contribution in [0.1, 0.15) is 18.4 Å². The van der Waals surface area contributed by atoms with E-state index in [0.717, 1.165) is 43.1 Å². The fraction of sp³-hybridized carbons (Fsp3) is 0.391. The molecule has 2 N–H and O–H groups in total. The molecule has 4 rings (SSSR count). The molecule has 1 aliphatic heterocycles. The van der Waals surface area contributed by atoms with E-state index in [9.17, 15) is 4.79 Å². The monoisotopic (exact) mass is 458 g/mol. The maximum absolute atomic E-state index is 12.9. The van der Waals surface area contributed by atoms with Gasteiger partial charge in [0.25, 0.3) is 5.56 Å². The van der Waals surface area contributed by atoms with E-state index < -0.39 is 0 Å². The Kier molecular flexibility index (Phi) is 6.72. The Morgan fingerprint density at radius 3 is 2.50 bits per heavy atom. The number of hydrogen-bond donors (Lipinski definition) is 2. The number of aromatic amines is 1. The predicted molar refractivity (Wildman–Crippen MR) is 126 cm³/mol. The Bertz CT molecular complexity index is 1160. The van der Waals surface area contributed by atoms with Crippen LogP contribution < -0.4 is 30.0 Å². The third-order valence-electron chi connectivity index (χ3n) is 5.82.